The van der Waals surface area contributed by atoms with Gasteiger partial charge in [0, 0.05) is 81.0 Å². The highest BCUT2D eigenvalue weighted by Crippen LogP contribution is 2.58. The van der Waals surface area contributed by atoms with Gasteiger partial charge in [-0.1, -0.05) is 48.5 Å². The predicted molar refractivity (Wildman–Crippen MR) is 519 cm³/mol. The third-order valence-electron chi connectivity index (χ3n) is 29.9. The summed E-state index contributed by atoms with van der Waals surface area (Å²) in [6, 6.07) is 34.3. The topological polar surface area (TPSA) is 557 Å². The van der Waals surface area contributed by atoms with E-state index in [4.69, 9.17) is 22.9 Å². The van der Waals surface area contributed by atoms with Crippen molar-refractivity contribution in [2.45, 2.75) is 163 Å². The molecule has 4 aliphatic heterocycles. The maximum absolute atomic E-state index is 13.8. The number of carbonyl (C=O) groups is 4. The smallest absolute Gasteiger partial charge is 0.229 e. The van der Waals surface area contributed by atoms with E-state index in [0.29, 0.717) is 104 Å². The number of fused-ring (bicyclic) bond motifs is 8. The molecule has 40 heteroatoms. The second-order valence-corrected chi connectivity index (χ2v) is 40.6. The van der Waals surface area contributed by atoms with E-state index < -0.39 is 107 Å². The SMILES string of the molecule is Cc1ncnc2c1ccn2[C@@H]1C[C@@]2(CN[C@@H](c3ccc4cc(Br)c(N)nc4c3)C2=O)[C@@H](O)[C@H]1O.Cc1ncnc2c1ccn2[C@@H]1C[C@@]2(CN[C@H](c3ccc4cc(Br)c(N)nc4c3)C2=O)[C@@H](O)[C@H]1O.Cc1ncnc2c1ccn2[C@@H]1C[C@]2(C[C@@H](c3ccc4cc(Br)c(N)nc4c3)NC2=O)[C@@H](O)[C@H]1O.Cc1ncnc2c1ccn2[C@@H]1C[C@]2(C[C@H](c3ccc4cc(Br)c(N)nc4c3)NC2=O)[C@@H](O)[C@H]1O. The van der Waals surface area contributed by atoms with Crippen LogP contribution in [-0.2, 0) is 19.2 Å². The molecule has 4 aromatic carbocycles. The van der Waals surface area contributed by atoms with Crippen molar-refractivity contribution >= 4 is 198 Å². The van der Waals surface area contributed by atoms with Crippen molar-refractivity contribution in [3.05, 3.63) is 234 Å². The third-order valence-corrected chi connectivity index (χ3v) is 32.4. The third kappa shape index (κ3) is 14.6. The molecule has 4 saturated heterocycles. The van der Waals surface area contributed by atoms with Crippen molar-refractivity contribution in [2.24, 2.45) is 21.7 Å². The van der Waals surface area contributed by atoms with Gasteiger partial charge < -0.3 is 103 Å². The number of amides is 2. The highest BCUT2D eigenvalue weighted by atomic mass is 79.9. The first-order valence-electron chi connectivity index (χ1n) is 44.3. The number of rotatable bonds is 8. The van der Waals surface area contributed by atoms with E-state index in [1.165, 1.54) is 25.3 Å². The minimum Gasteiger partial charge on any atom is -0.389 e. The monoisotopic (exact) mass is 2090 g/mol. The van der Waals surface area contributed by atoms with Gasteiger partial charge in [0.1, 0.15) is 95.6 Å². The number of hydrogen-bond acceptors (Lipinski definition) is 30. The molecule has 136 heavy (non-hydrogen) atoms. The fourth-order valence-electron chi connectivity index (χ4n) is 22.4. The molecule has 16 heterocycles. The Labute approximate surface area is 807 Å². The Kier molecular flexibility index (Phi) is 22.6. The number of benzene rings is 4. The van der Waals surface area contributed by atoms with Crippen molar-refractivity contribution in [1.29, 1.82) is 0 Å². The lowest BCUT2D eigenvalue weighted by atomic mass is 9.79. The van der Waals surface area contributed by atoms with Gasteiger partial charge in [-0.25, -0.2) is 59.8 Å². The number of nitrogen functional groups attached to an aromatic ring is 4. The van der Waals surface area contributed by atoms with Crippen LogP contribution in [0.2, 0.25) is 0 Å². The number of aryl methyl sites for hydroxylation is 4. The normalized spacial score (nSPS) is 29.0. The fraction of sp³-hybridized carbons (Fsp3) is 0.333. The Morgan fingerprint density at radius 2 is 0.581 bits per heavy atom. The van der Waals surface area contributed by atoms with Crippen LogP contribution < -0.4 is 44.2 Å². The first kappa shape index (κ1) is 90.5. The van der Waals surface area contributed by atoms with Gasteiger partial charge in [-0.2, -0.15) is 0 Å². The first-order valence-corrected chi connectivity index (χ1v) is 47.5. The average Bonchev–Trinajstić information content (AvgIpc) is 1.59. The van der Waals surface area contributed by atoms with E-state index in [1.54, 1.807) is 0 Å². The molecule has 12 aromatic heterocycles. The molecule has 16 aromatic rings. The van der Waals surface area contributed by atoms with Gasteiger partial charge in [0.15, 0.2) is 11.6 Å². The molecular formula is C96H92Br4N24O12. The second kappa shape index (κ2) is 34.0. The summed E-state index contributed by atoms with van der Waals surface area (Å²) in [6.45, 7) is 8.13. The van der Waals surface area contributed by atoms with E-state index in [1.807, 2.05) is 192 Å². The van der Waals surface area contributed by atoms with Crippen LogP contribution >= 0.6 is 63.7 Å². The van der Waals surface area contributed by atoms with Crippen LogP contribution in [0, 0.1) is 49.4 Å². The summed E-state index contributed by atoms with van der Waals surface area (Å²) >= 11 is 13.6. The van der Waals surface area contributed by atoms with Crippen LogP contribution in [0.15, 0.2) is 189 Å². The van der Waals surface area contributed by atoms with Gasteiger partial charge in [0.25, 0.3) is 0 Å². The molecular weight excluding hydrogens is 2000 g/mol. The van der Waals surface area contributed by atoms with Crippen LogP contribution in [0.5, 0.6) is 0 Å². The maximum Gasteiger partial charge on any atom is 0.229 e. The predicted octanol–water partition coefficient (Wildman–Crippen LogP) is 9.49. The molecule has 8 fully saturated rings. The molecule has 0 radical (unpaired) electrons. The summed E-state index contributed by atoms with van der Waals surface area (Å²) in [5.41, 5.74) is 31.5. The Bertz CT molecular complexity index is 7020. The van der Waals surface area contributed by atoms with Gasteiger partial charge in [-0.15, -0.1) is 0 Å². The lowest BCUT2D eigenvalue weighted by Gasteiger charge is -2.25. The highest BCUT2D eigenvalue weighted by Gasteiger charge is 2.66. The lowest BCUT2D eigenvalue weighted by molar-refractivity contribution is -0.135. The van der Waals surface area contributed by atoms with Crippen molar-refractivity contribution in [3.8, 4) is 0 Å². The Hall–Kier alpha value is -12.0. The quantitative estimate of drug-likeness (QED) is 0.0673. The molecule has 2 amide bonds. The minimum atomic E-state index is -1.20. The molecule has 8 aliphatic rings. The summed E-state index contributed by atoms with van der Waals surface area (Å²) in [4.78, 5) is 106. The summed E-state index contributed by atoms with van der Waals surface area (Å²) in [5.74, 6) is 0.776. The molecule has 0 unspecified atom stereocenters. The number of aromatic nitrogens is 16. The molecule has 4 aliphatic carbocycles. The molecule has 20 atom stereocenters. The van der Waals surface area contributed by atoms with Crippen LogP contribution in [0.3, 0.4) is 0 Å². The van der Waals surface area contributed by atoms with Crippen molar-refractivity contribution in [3.63, 3.8) is 0 Å². The number of hydrogen-bond donors (Lipinski definition) is 16. The van der Waals surface area contributed by atoms with Crippen LogP contribution in [0.4, 0.5) is 23.3 Å². The zero-order valence-electron chi connectivity index (χ0n) is 73.2. The number of carbonyl (C=O) groups excluding carboxylic acids is 4. The van der Waals surface area contributed by atoms with Crippen molar-refractivity contribution in [1.82, 2.24) is 99.3 Å². The number of nitrogens with two attached hydrogens (primary N) is 4. The number of aliphatic hydroxyl groups is 8. The molecule has 696 valence electrons. The van der Waals surface area contributed by atoms with Crippen molar-refractivity contribution in [2.75, 3.05) is 36.0 Å². The molecule has 0 bridgehead atoms. The largest absolute Gasteiger partial charge is 0.389 e. The number of pyridine rings is 4. The van der Waals surface area contributed by atoms with E-state index in [-0.39, 0.29) is 48.6 Å². The Balaban J connectivity index is 0.000000108. The molecule has 20 N–H and O–H groups in total. The number of halogens is 4. The maximum atomic E-state index is 13.8. The first-order chi connectivity index (χ1) is 65.2. The molecule has 24 rings (SSSR count). The van der Waals surface area contributed by atoms with Gasteiger partial charge in [-0.05, 0) is 225 Å². The molecule has 4 saturated carbocycles. The number of aliphatic hydroxyl groups excluding tert-OH is 8. The van der Waals surface area contributed by atoms with Gasteiger partial charge in [0.2, 0.25) is 11.8 Å². The molecule has 4 spiro atoms. The number of Topliss-reactive ketones (excluding diaryl/α,β-unsaturated/α-hetero) is 2. The zero-order chi connectivity index (χ0) is 95.1. The summed E-state index contributed by atoms with van der Waals surface area (Å²) < 4.78 is 10.3. The molecule has 36 nitrogen and oxygen atoms in total. The summed E-state index contributed by atoms with van der Waals surface area (Å²) in [7, 11) is 0. The Morgan fingerprint density at radius 1 is 0.331 bits per heavy atom. The zero-order valence-corrected chi connectivity index (χ0v) is 79.6. The summed E-state index contributed by atoms with van der Waals surface area (Å²) in [5, 5.41) is 108. The van der Waals surface area contributed by atoms with Crippen LogP contribution in [0.25, 0.3) is 87.7 Å². The van der Waals surface area contributed by atoms with Crippen LogP contribution in [-0.4, -0.2) is 204 Å². The standard InChI is InChI=1S/4C24H23BrN6O3/c2*1-11-14-4-5-31(23(14)29-10-28-11)17-8-24(21(34)19(17)32)9-27-18(20(24)33)13-3-2-12-6-15(25)22(26)30-16(12)7-13;2*1-11-14-4-5-31(22(14)28-10-27-11)18-9-24(20(33)19(18)32)8-17(30-23(24)34)13-3-2-12-6-15(25)21(26)29-16(12)7-13/h2*2-7,10,17-19,21,27,32,34H,8-9H2,1H3,(H2,26,30);2*2-7,10,17-20,32-33H,8-9H2,1H3,(H2,26,29)(H,30,34)/t17-,18+,19+,21+,24+;17-,18-,19+,21+,24+;17-,18+,19-,20-,24+;17-,18-,19+,20+,24-/m1101/s1. The number of nitrogens with zero attached hydrogens (tertiary/aromatic N) is 16. The Morgan fingerprint density at radius 3 is 0.860 bits per heavy atom. The van der Waals surface area contributed by atoms with E-state index in [0.717, 1.165) is 108 Å². The number of ketones is 2. The summed E-state index contributed by atoms with van der Waals surface area (Å²) in [6.07, 6.45) is 6.02. The van der Waals surface area contributed by atoms with Gasteiger partial charge in [-0.3, -0.25) is 19.2 Å². The van der Waals surface area contributed by atoms with E-state index in [2.05, 4.69) is 145 Å². The van der Waals surface area contributed by atoms with Crippen LogP contribution in [0.1, 0.15) is 132 Å². The van der Waals surface area contributed by atoms with E-state index in [9.17, 15) is 60.0 Å². The lowest BCUT2D eigenvalue weighted by Crippen LogP contribution is -2.42. The number of nitrogens with one attached hydrogen (secondary N) is 4. The van der Waals surface area contributed by atoms with Crippen molar-refractivity contribution < 1.29 is 60.0 Å². The number of anilines is 4. The van der Waals surface area contributed by atoms with Gasteiger partial charge in [0.05, 0.1) is 157 Å². The highest BCUT2D eigenvalue weighted by molar-refractivity contribution is 9.11. The second-order valence-electron chi connectivity index (χ2n) is 37.2. The fourth-order valence-corrected chi connectivity index (χ4v) is 23.7. The van der Waals surface area contributed by atoms with Gasteiger partial charge >= 0.3 is 0 Å². The average molecular weight is 2090 g/mol. The van der Waals surface area contributed by atoms with E-state index >= 15 is 0 Å². The minimum absolute atomic E-state index is 0.131.